The fourth-order valence-corrected chi connectivity index (χ4v) is 3.77. The average molecular weight is 403 g/mol. The Hall–Kier alpha value is -2.28. The molecule has 1 aliphatic heterocycles. The third-order valence-corrected chi connectivity index (χ3v) is 5.62. The number of nitro groups is 1. The van der Waals surface area contributed by atoms with Gasteiger partial charge in [0.25, 0.3) is 5.91 Å². The monoisotopic (exact) mass is 403 g/mol. The van der Waals surface area contributed by atoms with E-state index in [-0.39, 0.29) is 43.5 Å². The van der Waals surface area contributed by atoms with Crippen LogP contribution in [0.25, 0.3) is 0 Å². The lowest BCUT2D eigenvalue weighted by atomic mass is 10.3. The molecular weight excluding hydrogens is 382 g/mol. The highest BCUT2D eigenvalue weighted by Gasteiger charge is 2.29. The van der Waals surface area contributed by atoms with Crippen LogP contribution in [0.15, 0.2) is 23.1 Å². The number of benzene rings is 1. The fraction of sp³-hybridized carbons (Fsp3) is 0.533. The van der Waals surface area contributed by atoms with E-state index in [1.807, 2.05) is 0 Å². The Bertz CT molecular complexity index is 777. The Kier molecular flexibility index (Phi) is 7.47. The van der Waals surface area contributed by atoms with E-state index >= 15 is 0 Å². The number of hydrogen-bond acceptors (Lipinski definition) is 8. The molecule has 12 heteroatoms. The fourth-order valence-electron chi connectivity index (χ4n) is 2.35. The number of morpholine rings is 1. The molecule has 0 atom stereocenters. The van der Waals surface area contributed by atoms with Gasteiger partial charge < -0.3 is 19.5 Å². The third-order valence-electron chi connectivity index (χ3n) is 3.72. The van der Waals surface area contributed by atoms with Crippen molar-refractivity contribution in [1.82, 2.24) is 9.62 Å². The highest BCUT2D eigenvalue weighted by Crippen LogP contribution is 2.31. The van der Waals surface area contributed by atoms with Gasteiger partial charge in [0.05, 0.1) is 29.6 Å². The van der Waals surface area contributed by atoms with Crippen molar-refractivity contribution in [3.63, 3.8) is 0 Å². The summed E-state index contributed by atoms with van der Waals surface area (Å²) in [6, 6.07) is 3.33. The molecule has 0 aliphatic carbocycles. The molecule has 2 rings (SSSR count). The zero-order valence-corrected chi connectivity index (χ0v) is 15.6. The number of carbonyl (C=O) groups is 1. The van der Waals surface area contributed by atoms with Gasteiger partial charge in [-0.3, -0.25) is 14.9 Å². The molecule has 1 aromatic rings. The third kappa shape index (κ3) is 5.60. The van der Waals surface area contributed by atoms with E-state index in [0.29, 0.717) is 6.61 Å². The van der Waals surface area contributed by atoms with Crippen LogP contribution in [-0.2, 0) is 24.3 Å². The number of carbonyl (C=O) groups excluding carboxylic acids is 1. The van der Waals surface area contributed by atoms with Crippen LogP contribution in [0.2, 0.25) is 0 Å². The molecule has 11 nitrogen and oxygen atoms in total. The van der Waals surface area contributed by atoms with Crippen LogP contribution in [0.1, 0.15) is 0 Å². The summed E-state index contributed by atoms with van der Waals surface area (Å²) < 4.78 is 41.5. The summed E-state index contributed by atoms with van der Waals surface area (Å²) in [4.78, 5) is 22.0. The number of nitrogens with one attached hydrogen (secondary N) is 1. The molecule has 1 aliphatic rings. The molecule has 0 aromatic heterocycles. The standard InChI is InChI=1S/C15H21N3O8S/c1-24-7-4-16-15(19)11-26-14-3-2-12(10-13(14)18(20)21)27(22,23)17-5-8-25-9-6-17/h2-3,10H,4-9,11H2,1H3,(H,16,19). The molecular formula is C15H21N3O8S. The van der Waals surface area contributed by atoms with Gasteiger partial charge in [0.1, 0.15) is 0 Å². The van der Waals surface area contributed by atoms with E-state index in [2.05, 4.69) is 5.32 Å². The van der Waals surface area contributed by atoms with Crippen molar-refractivity contribution >= 4 is 21.6 Å². The minimum absolute atomic E-state index is 0.177. The van der Waals surface area contributed by atoms with Crippen molar-refractivity contribution in [3.05, 3.63) is 28.3 Å². The van der Waals surface area contributed by atoms with Crippen LogP contribution in [0.4, 0.5) is 5.69 Å². The minimum atomic E-state index is -3.88. The van der Waals surface area contributed by atoms with Gasteiger partial charge in [0.15, 0.2) is 12.4 Å². The molecule has 0 unspecified atom stereocenters. The van der Waals surface area contributed by atoms with Crippen LogP contribution < -0.4 is 10.1 Å². The number of nitro benzene ring substituents is 1. The quantitative estimate of drug-likeness (QED) is 0.339. The van der Waals surface area contributed by atoms with Gasteiger partial charge in [-0.25, -0.2) is 8.42 Å². The Morgan fingerprint density at radius 2 is 2.07 bits per heavy atom. The van der Waals surface area contributed by atoms with E-state index in [1.54, 1.807) is 0 Å². The summed E-state index contributed by atoms with van der Waals surface area (Å²) in [6.07, 6.45) is 0. The van der Waals surface area contributed by atoms with E-state index in [1.165, 1.54) is 23.5 Å². The van der Waals surface area contributed by atoms with Gasteiger partial charge in [-0.15, -0.1) is 0 Å². The summed E-state index contributed by atoms with van der Waals surface area (Å²) in [7, 11) is -2.40. The predicted molar refractivity (Wildman–Crippen MR) is 93.1 cm³/mol. The van der Waals surface area contributed by atoms with Gasteiger partial charge in [0.2, 0.25) is 10.0 Å². The number of ether oxygens (including phenoxy) is 3. The minimum Gasteiger partial charge on any atom is -0.477 e. The molecule has 0 spiro atoms. The lowest BCUT2D eigenvalue weighted by molar-refractivity contribution is -0.386. The van der Waals surface area contributed by atoms with Crippen LogP contribution in [0, 0.1) is 10.1 Å². The Labute approximate surface area is 156 Å². The topological polar surface area (TPSA) is 137 Å². The van der Waals surface area contributed by atoms with Crippen LogP contribution in [0.3, 0.4) is 0 Å². The van der Waals surface area contributed by atoms with Gasteiger partial charge in [-0.2, -0.15) is 4.31 Å². The van der Waals surface area contributed by atoms with E-state index in [0.717, 1.165) is 6.07 Å². The lowest BCUT2D eigenvalue weighted by Crippen LogP contribution is -2.40. The molecule has 150 valence electrons. The van der Waals surface area contributed by atoms with E-state index in [9.17, 15) is 23.3 Å². The summed E-state index contributed by atoms with van der Waals surface area (Å²) >= 11 is 0. The molecule has 1 saturated heterocycles. The highest BCUT2D eigenvalue weighted by atomic mass is 32.2. The first-order valence-corrected chi connectivity index (χ1v) is 9.55. The van der Waals surface area contributed by atoms with Crippen LogP contribution >= 0.6 is 0 Å². The summed E-state index contributed by atoms with van der Waals surface area (Å²) in [5, 5.41) is 13.8. The lowest BCUT2D eigenvalue weighted by Gasteiger charge is -2.26. The first kappa shape index (κ1) is 21.0. The molecule has 1 heterocycles. The highest BCUT2D eigenvalue weighted by molar-refractivity contribution is 7.89. The van der Waals surface area contributed by atoms with E-state index < -0.39 is 33.1 Å². The van der Waals surface area contributed by atoms with Crippen LogP contribution in [0.5, 0.6) is 5.75 Å². The second-order valence-electron chi connectivity index (χ2n) is 5.53. The molecule has 0 saturated carbocycles. The predicted octanol–water partition coefficient (Wildman–Crippen LogP) is -0.243. The van der Waals surface area contributed by atoms with Crippen molar-refractivity contribution in [2.24, 2.45) is 0 Å². The maximum Gasteiger partial charge on any atom is 0.312 e. The molecule has 1 amide bonds. The van der Waals surface area contributed by atoms with Crippen molar-refractivity contribution < 1.29 is 32.3 Å². The molecule has 1 aromatic carbocycles. The number of methoxy groups -OCH3 is 1. The van der Waals surface area contributed by atoms with Gasteiger partial charge >= 0.3 is 5.69 Å². The second kappa shape index (κ2) is 9.60. The first-order chi connectivity index (χ1) is 12.9. The second-order valence-corrected chi connectivity index (χ2v) is 7.47. The number of sulfonamides is 1. The maximum absolute atomic E-state index is 12.6. The molecule has 27 heavy (non-hydrogen) atoms. The zero-order chi connectivity index (χ0) is 19.9. The van der Waals surface area contributed by atoms with Gasteiger partial charge in [0, 0.05) is 32.8 Å². The maximum atomic E-state index is 12.6. The largest absolute Gasteiger partial charge is 0.477 e. The van der Waals surface area contributed by atoms with Crippen molar-refractivity contribution in [2.75, 3.05) is 53.2 Å². The summed E-state index contributed by atoms with van der Waals surface area (Å²) in [5.74, 6) is -0.672. The van der Waals surface area contributed by atoms with Gasteiger partial charge in [-0.05, 0) is 12.1 Å². The number of rotatable bonds is 9. The van der Waals surface area contributed by atoms with E-state index in [4.69, 9.17) is 14.2 Å². The Morgan fingerprint density at radius 3 is 2.70 bits per heavy atom. The molecule has 1 fully saturated rings. The number of nitrogens with zero attached hydrogens (tertiary/aromatic N) is 2. The summed E-state index contributed by atoms with van der Waals surface area (Å²) in [5.41, 5.74) is -0.533. The normalized spacial score (nSPS) is 15.3. The Morgan fingerprint density at radius 1 is 1.37 bits per heavy atom. The SMILES string of the molecule is COCCNC(=O)COc1ccc(S(=O)(=O)N2CCOCC2)cc1[N+](=O)[O-]. The molecule has 0 bridgehead atoms. The Balaban J connectivity index is 2.14. The van der Waals surface area contributed by atoms with Gasteiger partial charge in [-0.1, -0.05) is 0 Å². The smallest absolute Gasteiger partial charge is 0.312 e. The number of hydrogen-bond donors (Lipinski definition) is 1. The number of amides is 1. The molecule has 1 N–H and O–H groups in total. The zero-order valence-electron chi connectivity index (χ0n) is 14.8. The molecule has 0 radical (unpaired) electrons. The van der Waals surface area contributed by atoms with Crippen LogP contribution in [-0.4, -0.2) is 76.7 Å². The average Bonchev–Trinajstić information content (AvgIpc) is 2.67. The first-order valence-electron chi connectivity index (χ1n) is 8.11. The van der Waals surface area contributed by atoms with Crippen molar-refractivity contribution in [2.45, 2.75) is 4.90 Å². The van der Waals surface area contributed by atoms with Crippen molar-refractivity contribution in [3.8, 4) is 5.75 Å². The van der Waals surface area contributed by atoms with Crippen molar-refractivity contribution in [1.29, 1.82) is 0 Å². The summed E-state index contributed by atoms with van der Waals surface area (Å²) in [6.45, 7) is 1.03.